The highest BCUT2D eigenvalue weighted by atomic mass is 16.2. The zero-order valence-electron chi connectivity index (χ0n) is 14.5. The molecular weight excluding hydrogens is 308 g/mol. The van der Waals surface area contributed by atoms with Crippen molar-refractivity contribution in [2.75, 3.05) is 26.2 Å². The van der Waals surface area contributed by atoms with Crippen molar-refractivity contribution in [1.29, 1.82) is 0 Å². The van der Waals surface area contributed by atoms with Gasteiger partial charge in [-0.1, -0.05) is 0 Å². The minimum Gasteiger partial charge on any atom is -0.351 e. The highest BCUT2D eigenvalue weighted by molar-refractivity contribution is 5.96. The first-order valence-electron chi connectivity index (χ1n) is 8.39. The molecule has 1 N–H and O–H groups in total. The third kappa shape index (κ3) is 2.90. The lowest BCUT2D eigenvalue weighted by molar-refractivity contribution is -0.135. The summed E-state index contributed by atoms with van der Waals surface area (Å²) in [6, 6.07) is 1.53. The summed E-state index contributed by atoms with van der Waals surface area (Å²) < 4.78 is 2.01. The monoisotopic (exact) mass is 332 g/mol. The molecular formula is C17H24N4O3. The molecule has 3 amide bonds. The Bertz CT molecular complexity index is 686. The van der Waals surface area contributed by atoms with Gasteiger partial charge in [0, 0.05) is 51.0 Å². The zero-order chi connectivity index (χ0) is 17.4. The number of rotatable bonds is 2. The number of carbonyl (C=O) groups excluding carboxylic acids is 3. The summed E-state index contributed by atoms with van der Waals surface area (Å²) in [5.41, 5.74) is 2.75. The molecule has 1 unspecified atom stereocenters. The molecule has 7 heteroatoms. The lowest BCUT2D eigenvalue weighted by atomic mass is 10.1. The van der Waals surface area contributed by atoms with Crippen molar-refractivity contribution in [3.8, 4) is 0 Å². The average molecular weight is 332 g/mol. The summed E-state index contributed by atoms with van der Waals surface area (Å²) in [7, 11) is 1.95. The Kier molecular flexibility index (Phi) is 4.34. The molecule has 2 fully saturated rings. The summed E-state index contributed by atoms with van der Waals surface area (Å²) in [5, 5.41) is 2.71. The first kappa shape index (κ1) is 16.5. The number of amides is 3. The molecule has 24 heavy (non-hydrogen) atoms. The van der Waals surface area contributed by atoms with Crippen LogP contribution >= 0.6 is 0 Å². The largest absolute Gasteiger partial charge is 0.351 e. The van der Waals surface area contributed by atoms with Crippen LogP contribution in [0.15, 0.2) is 6.07 Å². The van der Waals surface area contributed by atoms with Crippen molar-refractivity contribution in [3.05, 3.63) is 23.0 Å². The van der Waals surface area contributed by atoms with E-state index in [9.17, 15) is 14.4 Å². The third-order valence-corrected chi connectivity index (χ3v) is 5.18. The molecule has 2 saturated heterocycles. The van der Waals surface area contributed by atoms with Gasteiger partial charge in [-0.2, -0.15) is 0 Å². The Morgan fingerprint density at radius 2 is 1.75 bits per heavy atom. The van der Waals surface area contributed by atoms with Gasteiger partial charge >= 0.3 is 0 Å². The lowest BCUT2D eigenvalue weighted by Gasteiger charge is -2.35. The molecule has 3 rings (SSSR count). The van der Waals surface area contributed by atoms with Gasteiger partial charge < -0.3 is 19.7 Å². The lowest BCUT2D eigenvalue weighted by Crippen LogP contribution is -2.54. The predicted molar refractivity (Wildman–Crippen MR) is 88.5 cm³/mol. The number of nitrogens with zero attached hydrogens (tertiary/aromatic N) is 3. The highest BCUT2D eigenvalue weighted by Gasteiger charge is 2.33. The second-order valence-electron chi connectivity index (χ2n) is 6.62. The molecule has 2 aliphatic rings. The first-order valence-corrected chi connectivity index (χ1v) is 8.39. The number of piperazine rings is 1. The molecule has 0 spiro atoms. The standard InChI is InChI=1S/C17H24N4O3/c1-11-10-13(12(2)19(11)3)16(23)20-6-8-21(9-7-20)17(24)14-4-5-15(22)18-14/h10,14H,4-9H2,1-3H3,(H,18,22). The van der Waals surface area contributed by atoms with Crippen LogP contribution in [0.25, 0.3) is 0 Å². The predicted octanol–water partition coefficient (Wildman–Crippen LogP) is 0.205. The Morgan fingerprint density at radius 3 is 2.25 bits per heavy atom. The van der Waals surface area contributed by atoms with Gasteiger partial charge in [0.05, 0.1) is 5.56 Å². The topological polar surface area (TPSA) is 74.7 Å². The van der Waals surface area contributed by atoms with Gasteiger partial charge in [-0.15, -0.1) is 0 Å². The van der Waals surface area contributed by atoms with Crippen molar-refractivity contribution in [1.82, 2.24) is 19.7 Å². The number of nitrogens with one attached hydrogen (secondary N) is 1. The van der Waals surface area contributed by atoms with E-state index in [4.69, 9.17) is 0 Å². The van der Waals surface area contributed by atoms with Crippen molar-refractivity contribution >= 4 is 17.7 Å². The van der Waals surface area contributed by atoms with E-state index in [0.29, 0.717) is 39.0 Å². The summed E-state index contributed by atoms with van der Waals surface area (Å²) >= 11 is 0. The van der Waals surface area contributed by atoms with Crippen LogP contribution in [0.5, 0.6) is 0 Å². The van der Waals surface area contributed by atoms with Crippen LogP contribution in [0.3, 0.4) is 0 Å². The molecule has 0 aliphatic carbocycles. The van der Waals surface area contributed by atoms with Crippen LogP contribution < -0.4 is 5.32 Å². The molecule has 3 heterocycles. The maximum atomic E-state index is 12.7. The number of aryl methyl sites for hydroxylation is 1. The first-order chi connectivity index (χ1) is 11.4. The van der Waals surface area contributed by atoms with E-state index in [1.54, 1.807) is 9.80 Å². The van der Waals surface area contributed by atoms with Crippen LogP contribution in [0, 0.1) is 13.8 Å². The minimum atomic E-state index is -0.390. The van der Waals surface area contributed by atoms with Crippen LogP contribution in [0.4, 0.5) is 0 Å². The van der Waals surface area contributed by atoms with Crippen molar-refractivity contribution in [3.63, 3.8) is 0 Å². The Labute approximate surface area is 141 Å². The van der Waals surface area contributed by atoms with E-state index >= 15 is 0 Å². The van der Waals surface area contributed by atoms with Crippen LogP contribution in [0.1, 0.15) is 34.6 Å². The third-order valence-electron chi connectivity index (χ3n) is 5.18. The fourth-order valence-electron chi connectivity index (χ4n) is 3.39. The molecule has 7 nitrogen and oxygen atoms in total. The van der Waals surface area contributed by atoms with Crippen LogP contribution in [0.2, 0.25) is 0 Å². The summed E-state index contributed by atoms with van der Waals surface area (Å²) in [6.07, 6.45) is 0.987. The molecule has 0 bridgehead atoms. The van der Waals surface area contributed by atoms with E-state index in [1.807, 2.05) is 31.5 Å². The second kappa shape index (κ2) is 6.30. The number of carbonyl (C=O) groups is 3. The van der Waals surface area contributed by atoms with Gasteiger partial charge in [0.25, 0.3) is 5.91 Å². The van der Waals surface area contributed by atoms with Gasteiger partial charge in [0.15, 0.2) is 0 Å². The summed E-state index contributed by atoms with van der Waals surface area (Å²) in [4.78, 5) is 39.9. The molecule has 0 radical (unpaired) electrons. The Balaban J connectivity index is 1.60. The van der Waals surface area contributed by atoms with Crippen molar-refractivity contribution < 1.29 is 14.4 Å². The molecule has 1 aromatic rings. The number of hydrogen-bond donors (Lipinski definition) is 1. The van der Waals surface area contributed by atoms with Crippen molar-refractivity contribution in [2.45, 2.75) is 32.7 Å². The van der Waals surface area contributed by atoms with Gasteiger partial charge in [0.2, 0.25) is 11.8 Å². The molecule has 2 aliphatic heterocycles. The van der Waals surface area contributed by atoms with E-state index < -0.39 is 6.04 Å². The van der Waals surface area contributed by atoms with Gasteiger partial charge in [0.1, 0.15) is 6.04 Å². The Morgan fingerprint density at radius 1 is 1.12 bits per heavy atom. The van der Waals surface area contributed by atoms with Gasteiger partial charge in [-0.25, -0.2) is 0 Å². The molecule has 0 saturated carbocycles. The van der Waals surface area contributed by atoms with E-state index in [1.165, 1.54) is 0 Å². The minimum absolute atomic E-state index is 0.0254. The van der Waals surface area contributed by atoms with E-state index in [2.05, 4.69) is 5.32 Å². The van der Waals surface area contributed by atoms with Gasteiger partial charge in [-0.05, 0) is 26.3 Å². The Hall–Kier alpha value is -2.31. The number of aromatic nitrogens is 1. The number of hydrogen-bond acceptors (Lipinski definition) is 3. The fraction of sp³-hybridized carbons (Fsp3) is 0.588. The maximum Gasteiger partial charge on any atom is 0.255 e. The average Bonchev–Trinajstić information content (AvgIpc) is 3.13. The molecule has 0 aromatic carbocycles. The van der Waals surface area contributed by atoms with E-state index in [0.717, 1.165) is 17.0 Å². The maximum absolute atomic E-state index is 12.7. The van der Waals surface area contributed by atoms with Crippen molar-refractivity contribution in [2.24, 2.45) is 7.05 Å². The zero-order valence-corrected chi connectivity index (χ0v) is 14.5. The second-order valence-corrected chi connectivity index (χ2v) is 6.62. The highest BCUT2D eigenvalue weighted by Crippen LogP contribution is 2.18. The quantitative estimate of drug-likeness (QED) is 0.841. The SMILES string of the molecule is Cc1cc(C(=O)N2CCN(C(=O)C3CCC(=O)N3)CC2)c(C)n1C. The fourth-order valence-corrected chi connectivity index (χ4v) is 3.39. The summed E-state index contributed by atoms with van der Waals surface area (Å²) in [6.45, 7) is 6.01. The summed E-state index contributed by atoms with van der Waals surface area (Å²) in [5.74, 6) is -0.0609. The molecule has 1 atom stereocenters. The smallest absolute Gasteiger partial charge is 0.255 e. The molecule has 130 valence electrons. The molecule has 1 aromatic heterocycles. The van der Waals surface area contributed by atoms with Crippen LogP contribution in [-0.4, -0.2) is 64.3 Å². The van der Waals surface area contributed by atoms with Crippen LogP contribution in [-0.2, 0) is 16.6 Å². The normalized spacial score (nSPS) is 21.1. The van der Waals surface area contributed by atoms with E-state index in [-0.39, 0.29) is 17.7 Å². The van der Waals surface area contributed by atoms with Gasteiger partial charge in [-0.3, -0.25) is 14.4 Å².